The second-order valence-corrected chi connectivity index (χ2v) is 5.58. The van der Waals surface area contributed by atoms with Crippen molar-refractivity contribution in [3.63, 3.8) is 0 Å². The molecule has 1 atom stereocenters. The summed E-state index contributed by atoms with van der Waals surface area (Å²) in [6, 6.07) is 3.10. The normalized spacial score (nSPS) is 12.0. The molecule has 1 N–H and O–H groups in total. The fraction of sp³-hybridized carbons (Fsp3) is 0.588. The van der Waals surface area contributed by atoms with Crippen LogP contribution in [0.4, 0.5) is 0 Å². The Bertz CT molecular complexity index is 485. The monoisotopic (exact) mass is 306 g/mol. The molecule has 22 heavy (non-hydrogen) atoms. The van der Waals surface area contributed by atoms with Crippen LogP contribution in [0.15, 0.2) is 18.3 Å². The smallest absolute Gasteiger partial charge is 0.354 e. The first-order chi connectivity index (χ1) is 10.5. The average Bonchev–Trinajstić information content (AvgIpc) is 2.51. The maximum atomic E-state index is 12.7. The van der Waals surface area contributed by atoms with Crippen molar-refractivity contribution in [3.05, 3.63) is 29.6 Å². The van der Waals surface area contributed by atoms with E-state index in [0.717, 1.165) is 38.6 Å². The van der Waals surface area contributed by atoms with Gasteiger partial charge in [-0.25, -0.2) is 9.78 Å². The molecule has 1 aromatic rings. The number of aromatic nitrogens is 1. The molecule has 0 fully saturated rings. The summed E-state index contributed by atoms with van der Waals surface area (Å²) < 4.78 is 0. The Morgan fingerprint density at radius 1 is 1.23 bits per heavy atom. The number of pyridine rings is 1. The fourth-order valence-electron chi connectivity index (χ4n) is 2.44. The van der Waals surface area contributed by atoms with Gasteiger partial charge in [0.1, 0.15) is 5.69 Å². The number of carboxylic acid groups (broad SMARTS) is 1. The third-order valence-electron chi connectivity index (χ3n) is 3.73. The number of carboxylic acids is 1. The van der Waals surface area contributed by atoms with Crippen molar-refractivity contribution in [1.82, 2.24) is 9.88 Å². The third kappa shape index (κ3) is 5.13. The minimum atomic E-state index is -1.09. The average molecular weight is 306 g/mol. The van der Waals surface area contributed by atoms with Crippen molar-refractivity contribution in [2.45, 2.75) is 58.9 Å². The number of hydrogen-bond donors (Lipinski definition) is 1. The number of hydrogen-bond acceptors (Lipinski definition) is 3. The molecule has 0 saturated carbocycles. The molecule has 1 rings (SSSR count). The highest BCUT2D eigenvalue weighted by molar-refractivity contribution is 5.95. The van der Waals surface area contributed by atoms with Crippen LogP contribution in [-0.4, -0.2) is 39.5 Å². The summed E-state index contributed by atoms with van der Waals surface area (Å²) >= 11 is 0. The van der Waals surface area contributed by atoms with Crippen molar-refractivity contribution < 1.29 is 14.7 Å². The lowest BCUT2D eigenvalue weighted by atomic mass is 10.1. The van der Waals surface area contributed by atoms with Crippen LogP contribution in [0.2, 0.25) is 0 Å². The maximum Gasteiger partial charge on any atom is 0.354 e. The van der Waals surface area contributed by atoms with Crippen LogP contribution in [0.25, 0.3) is 0 Å². The summed E-state index contributed by atoms with van der Waals surface area (Å²) in [5, 5.41) is 8.87. The van der Waals surface area contributed by atoms with Gasteiger partial charge in [0.05, 0.1) is 5.56 Å². The molecule has 122 valence electrons. The van der Waals surface area contributed by atoms with E-state index in [4.69, 9.17) is 5.11 Å². The van der Waals surface area contributed by atoms with E-state index in [2.05, 4.69) is 25.8 Å². The SMILES string of the molecule is CCCCCN(C(=O)c1ccc(C(=O)O)nc1)C(C)CCC. The number of unbranched alkanes of at least 4 members (excludes halogenated alkanes) is 2. The Balaban J connectivity index is 2.86. The molecule has 1 amide bonds. The molecule has 0 aliphatic carbocycles. The lowest BCUT2D eigenvalue weighted by Gasteiger charge is -2.29. The van der Waals surface area contributed by atoms with Crippen LogP contribution in [0.3, 0.4) is 0 Å². The molecule has 0 aromatic carbocycles. The Hall–Kier alpha value is -1.91. The van der Waals surface area contributed by atoms with E-state index in [9.17, 15) is 9.59 Å². The van der Waals surface area contributed by atoms with E-state index in [-0.39, 0.29) is 17.6 Å². The Morgan fingerprint density at radius 3 is 2.45 bits per heavy atom. The molecular formula is C17H26N2O3. The Kier molecular flexibility index (Phi) is 7.57. The maximum absolute atomic E-state index is 12.7. The van der Waals surface area contributed by atoms with Gasteiger partial charge in [-0.05, 0) is 31.9 Å². The number of nitrogens with zero attached hydrogens (tertiary/aromatic N) is 2. The van der Waals surface area contributed by atoms with Crippen LogP contribution in [0.1, 0.15) is 73.7 Å². The van der Waals surface area contributed by atoms with Crippen molar-refractivity contribution in [2.24, 2.45) is 0 Å². The summed E-state index contributed by atoms with van der Waals surface area (Å²) in [6.07, 6.45) is 6.53. The lowest BCUT2D eigenvalue weighted by molar-refractivity contribution is 0.0668. The van der Waals surface area contributed by atoms with Crippen LogP contribution in [0, 0.1) is 0 Å². The van der Waals surface area contributed by atoms with E-state index in [1.54, 1.807) is 6.07 Å². The van der Waals surface area contributed by atoms with E-state index in [1.807, 2.05) is 4.90 Å². The summed E-state index contributed by atoms with van der Waals surface area (Å²) in [6.45, 7) is 7.03. The molecule has 1 heterocycles. The van der Waals surface area contributed by atoms with Gasteiger partial charge in [-0.1, -0.05) is 33.1 Å². The molecule has 1 unspecified atom stereocenters. The standard InChI is InChI=1S/C17H26N2O3/c1-4-6-7-11-19(13(3)8-5-2)16(20)14-9-10-15(17(21)22)18-12-14/h9-10,12-13H,4-8,11H2,1-3H3,(H,21,22). The lowest BCUT2D eigenvalue weighted by Crippen LogP contribution is -2.39. The zero-order valence-corrected chi connectivity index (χ0v) is 13.7. The second-order valence-electron chi connectivity index (χ2n) is 5.58. The third-order valence-corrected chi connectivity index (χ3v) is 3.73. The molecule has 1 aromatic heterocycles. The van der Waals surface area contributed by atoms with Gasteiger partial charge in [0.2, 0.25) is 0 Å². The minimum absolute atomic E-state index is 0.0457. The number of amides is 1. The first kappa shape index (κ1) is 18.1. The fourth-order valence-corrected chi connectivity index (χ4v) is 2.44. The van der Waals surface area contributed by atoms with Crippen LogP contribution >= 0.6 is 0 Å². The molecular weight excluding hydrogens is 280 g/mol. The van der Waals surface area contributed by atoms with E-state index >= 15 is 0 Å². The molecule has 0 spiro atoms. The molecule has 0 radical (unpaired) electrons. The number of carbonyl (C=O) groups is 2. The van der Waals surface area contributed by atoms with Gasteiger partial charge in [-0.2, -0.15) is 0 Å². The van der Waals surface area contributed by atoms with Crippen LogP contribution < -0.4 is 0 Å². The van der Waals surface area contributed by atoms with Gasteiger partial charge < -0.3 is 10.0 Å². The van der Waals surface area contributed by atoms with Crippen molar-refractivity contribution in [2.75, 3.05) is 6.54 Å². The van der Waals surface area contributed by atoms with Crippen LogP contribution in [0.5, 0.6) is 0 Å². The zero-order valence-electron chi connectivity index (χ0n) is 13.7. The van der Waals surface area contributed by atoms with E-state index in [0.29, 0.717) is 5.56 Å². The minimum Gasteiger partial charge on any atom is -0.477 e. The van der Waals surface area contributed by atoms with Gasteiger partial charge >= 0.3 is 5.97 Å². The highest BCUT2D eigenvalue weighted by Crippen LogP contribution is 2.14. The summed E-state index contributed by atoms with van der Waals surface area (Å²) in [7, 11) is 0. The van der Waals surface area contributed by atoms with Crippen molar-refractivity contribution >= 4 is 11.9 Å². The summed E-state index contributed by atoms with van der Waals surface area (Å²) in [5.41, 5.74) is 0.403. The zero-order chi connectivity index (χ0) is 16.5. The van der Waals surface area contributed by atoms with Gasteiger partial charge in [-0.3, -0.25) is 4.79 Å². The molecule has 5 heteroatoms. The summed E-state index contributed by atoms with van der Waals surface area (Å²) in [5.74, 6) is -1.15. The Morgan fingerprint density at radius 2 is 1.95 bits per heavy atom. The molecule has 0 bridgehead atoms. The summed E-state index contributed by atoms with van der Waals surface area (Å²) in [4.78, 5) is 29.2. The largest absolute Gasteiger partial charge is 0.477 e. The van der Waals surface area contributed by atoms with Gasteiger partial charge in [0.25, 0.3) is 5.91 Å². The van der Waals surface area contributed by atoms with Gasteiger partial charge in [0, 0.05) is 18.8 Å². The topological polar surface area (TPSA) is 70.5 Å². The molecule has 0 saturated heterocycles. The number of carbonyl (C=O) groups excluding carboxylic acids is 1. The predicted molar refractivity (Wildman–Crippen MR) is 86.1 cm³/mol. The van der Waals surface area contributed by atoms with E-state index < -0.39 is 5.97 Å². The quantitative estimate of drug-likeness (QED) is 0.708. The van der Waals surface area contributed by atoms with Gasteiger partial charge in [-0.15, -0.1) is 0 Å². The van der Waals surface area contributed by atoms with Crippen LogP contribution in [-0.2, 0) is 0 Å². The van der Waals surface area contributed by atoms with Crippen molar-refractivity contribution in [3.8, 4) is 0 Å². The highest BCUT2D eigenvalue weighted by atomic mass is 16.4. The van der Waals surface area contributed by atoms with Gasteiger partial charge in [0.15, 0.2) is 0 Å². The highest BCUT2D eigenvalue weighted by Gasteiger charge is 2.21. The number of aromatic carboxylic acids is 1. The number of rotatable bonds is 9. The first-order valence-electron chi connectivity index (χ1n) is 8.01. The predicted octanol–water partition coefficient (Wildman–Crippen LogP) is 3.60. The Labute approximate surface area is 132 Å². The first-order valence-corrected chi connectivity index (χ1v) is 8.01. The van der Waals surface area contributed by atoms with Crippen molar-refractivity contribution in [1.29, 1.82) is 0 Å². The molecule has 0 aliphatic rings. The molecule has 0 aliphatic heterocycles. The second kappa shape index (κ2) is 9.18. The molecule has 5 nitrogen and oxygen atoms in total. The van der Waals surface area contributed by atoms with E-state index in [1.165, 1.54) is 12.3 Å².